The van der Waals surface area contributed by atoms with Crippen molar-refractivity contribution < 1.29 is 4.79 Å². The minimum Gasteiger partial charge on any atom is -0.349 e. The number of carbonyl (C=O) groups excluding carboxylic acids is 1. The van der Waals surface area contributed by atoms with Gasteiger partial charge in [-0.25, -0.2) is 0 Å². The Morgan fingerprint density at radius 3 is 3.08 bits per heavy atom. The van der Waals surface area contributed by atoms with Crippen molar-refractivity contribution in [2.24, 2.45) is 0 Å². The summed E-state index contributed by atoms with van der Waals surface area (Å²) in [5.41, 5.74) is 1.94. The largest absolute Gasteiger partial charge is 0.349 e. The van der Waals surface area contributed by atoms with Gasteiger partial charge in [-0.15, -0.1) is 0 Å². The molecule has 1 unspecified atom stereocenters. The third kappa shape index (κ3) is 1.61. The average Bonchev–Trinajstić information content (AvgIpc) is 2.06. The first-order valence-corrected chi connectivity index (χ1v) is 5.05. The molecule has 1 aliphatic rings. The Bertz CT molecular complexity index is 362. The summed E-state index contributed by atoms with van der Waals surface area (Å²) in [6.45, 7) is 2.02. The van der Waals surface area contributed by atoms with Crippen LogP contribution in [0.4, 0.5) is 0 Å². The van der Waals surface area contributed by atoms with E-state index >= 15 is 0 Å². The molecule has 0 fully saturated rings. The zero-order valence-corrected chi connectivity index (χ0v) is 8.89. The van der Waals surface area contributed by atoms with E-state index in [9.17, 15) is 4.79 Å². The van der Waals surface area contributed by atoms with Crippen LogP contribution in [0.15, 0.2) is 22.7 Å². The molecular formula is C10H10BrNO. The van der Waals surface area contributed by atoms with Gasteiger partial charge in [-0.05, 0) is 31.0 Å². The summed E-state index contributed by atoms with van der Waals surface area (Å²) < 4.78 is 0.955. The lowest BCUT2D eigenvalue weighted by molar-refractivity contribution is 0.0929. The highest BCUT2D eigenvalue weighted by atomic mass is 79.9. The average molecular weight is 240 g/mol. The molecule has 0 saturated heterocycles. The summed E-state index contributed by atoms with van der Waals surface area (Å²) in [6, 6.07) is 6.11. The van der Waals surface area contributed by atoms with E-state index in [1.54, 1.807) is 0 Å². The number of rotatable bonds is 0. The lowest BCUT2D eigenvalue weighted by Crippen LogP contribution is -2.39. The third-order valence-electron chi connectivity index (χ3n) is 2.22. The fraction of sp³-hybridized carbons (Fsp3) is 0.300. The first kappa shape index (κ1) is 8.75. The van der Waals surface area contributed by atoms with E-state index < -0.39 is 0 Å². The first-order chi connectivity index (χ1) is 6.16. The molecule has 0 radical (unpaired) electrons. The van der Waals surface area contributed by atoms with Gasteiger partial charge in [0.2, 0.25) is 0 Å². The molecule has 1 aromatic rings. The molecule has 1 heterocycles. The van der Waals surface area contributed by atoms with Crippen LogP contribution in [0.3, 0.4) is 0 Å². The molecule has 0 bridgehead atoms. The van der Waals surface area contributed by atoms with Crippen molar-refractivity contribution in [3.8, 4) is 0 Å². The van der Waals surface area contributed by atoms with Gasteiger partial charge in [0.1, 0.15) is 0 Å². The number of hydrogen-bond donors (Lipinski definition) is 1. The third-order valence-corrected chi connectivity index (χ3v) is 2.71. The molecular weight excluding hydrogens is 230 g/mol. The Morgan fingerprint density at radius 1 is 1.54 bits per heavy atom. The summed E-state index contributed by atoms with van der Waals surface area (Å²) >= 11 is 3.35. The number of fused-ring (bicyclic) bond motifs is 1. The maximum absolute atomic E-state index is 11.5. The zero-order chi connectivity index (χ0) is 9.42. The molecule has 68 valence electrons. The normalized spacial score (nSPS) is 20.8. The van der Waals surface area contributed by atoms with E-state index in [0.717, 1.165) is 22.0 Å². The van der Waals surface area contributed by atoms with Gasteiger partial charge in [-0.1, -0.05) is 22.0 Å². The minimum absolute atomic E-state index is 0.0371. The molecule has 0 saturated carbocycles. The van der Waals surface area contributed by atoms with Gasteiger partial charge >= 0.3 is 0 Å². The molecule has 2 rings (SSSR count). The molecule has 1 aromatic carbocycles. The molecule has 1 aliphatic heterocycles. The van der Waals surface area contributed by atoms with Crippen molar-refractivity contribution in [2.45, 2.75) is 19.4 Å². The van der Waals surface area contributed by atoms with E-state index in [0.29, 0.717) is 0 Å². The van der Waals surface area contributed by atoms with Gasteiger partial charge < -0.3 is 5.32 Å². The lowest BCUT2D eigenvalue weighted by Gasteiger charge is -2.22. The molecule has 13 heavy (non-hydrogen) atoms. The van der Waals surface area contributed by atoms with Crippen LogP contribution >= 0.6 is 15.9 Å². The lowest BCUT2D eigenvalue weighted by atomic mass is 9.96. The van der Waals surface area contributed by atoms with Gasteiger partial charge in [0, 0.05) is 16.1 Å². The Balaban J connectivity index is 2.49. The maximum atomic E-state index is 11.5. The number of hydrogen-bond acceptors (Lipinski definition) is 1. The van der Waals surface area contributed by atoms with Crippen molar-refractivity contribution >= 4 is 21.8 Å². The van der Waals surface area contributed by atoms with Crippen LogP contribution in [0, 0.1) is 0 Å². The second kappa shape index (κ2) is 3.14. The fourth-order valence-electron chi connectivity index (χ4n) is 1.62. The van der Waals surface area contributed by atoms with Gasteiger partial charge in [-0.3, -0.25) is 4.79 Å². The summed E-state index contributed by atoms with van der Waals surface area (Å²) in [6.07, 6.45) is 0.925. The Kier molecular flexibility index (Phi) is 2.12. The fourth-order valence-corrected chi connectivity index (χ4v) is 1.98. The summed E-state index contributed by atoms with van der Waals surface area (Å²) in [4.78, 5) is 11.5. The SMILES string of the molecule is CC1Cc2ccc(Br)cc2C(=O)N1. The zero-order valence-electron chi connectivity index (χ0n) is 7.30. The molecule has 0 aliphatic carbocycles. The number of halogens is 1. The molecule has 1 atom stereocenters. The monoisotopic (exact) mass is 239 g/mol. The predicted octanol–water partition coefficient (Wildman–Crippen LogP) is 2.12. The molecule has 0 aromatic heterocycles. The molecule has 1 N–H and O–H groups in total. The van der Waals surface area contributed by atoms with Crippen molar-refractivity contribution in [2.75, 3.05) is 0 Å². The van der Waals surface area contributed by atoms with Crippen LogP contribution in [-0.4, -0.2) is 11.9 Å². The Morgan fingerprint density at radius 2 is 2.31 bits per heavy atom. The standard InChI is InChI=1S/C10H10BrNO/c1-6-4-7-2-3-8(11)5-9(7)10(13)12-6/h2-3,5-6H,4H2,1H3,(H,12,13). The van der Waals surface area contributed by atoms with Gasteiger partial charge in [0.05, 0.1) is 0 Å². The predicted molar refractivity (Wildman–Crippen MR) is 54.8 cm³/mol. The number of amides is 1. The summed E-state index contributed by atoms with van der Waals surface area (Å²) in [5, 5.41) is 2.90. The van der Waals surface area contributed by atoms with Crippen LogP contribution in [0.5, 0.6) is 0 Å². The van der Waals surface area contributed by atoms with E-state index in [1.165, 1.54) is 0 Å². The van der Waals surface area contributed by atoms with E-state index in [4.69, 9.17) is 0 Å². The van der Waals surface area contributed by atoms with Crippen molar-refractivity contribution in [3.63, 3.8) is 0 Å². The van der Waals surface area contributed by atoms with Gasteiger partial charge in [0.25, 0.3) is 5.91 Å². The molecule has 0 spiro atoms. The molecule has 2 nitrogen and oxygen atoms in total. The molecule has 1 amide bonds. The second-order valence-corrected chi connectivity index (χ2v) is 4.30. The van der Waals surface area contributed by atoms with E-state index in [2.05, 4.69) is 21.2 Å². The van der Waals surface area contributed by atoms with E-state index in [1.807, 2.05) is 25.1 Å². The van der Waals surface area contributed by atoms with Crippen LogP contribution in [0.2, 0.25) is 0 Å². The Labute approximate surface area is 85.5 Å². The minimum atomic E-state index is 0.0371. The van der Waals surface area contributed by atoms with Crippen LogP contribution < -0.4 is 5.32 Å². The second-order valence-electron chi connectivity index (χ2n) is 3.38. The van der Waals surface area contributed by atoms with Gasteiger partial charge in [-0.2, -0.15) is 0 Å². The Hall–Kier alpha value is -0.830. The summed E-state index contributed by atoms with van der Waals surface area (Å²) in [7, 11) is 0. The first-order valence-electron chi connectivity index (χ1n) is 4.26. The number of benzene rings is 1. The topological polar surface area (TPSA) is 29.1 Å². The molecule has 3 heteroatoms. The van der Waals surface area contributed by atoms with Crippen LogP contribution in [0.1, 0.15) is 22.8 Å². The van der Waals surface area contributed by atoms with Crippen molar-refractivity contribution in [3.05, 3.63) is 33.8 Å². The van der Waals surface area contributed by atoms with Crippen LogP contribution in [-0.2, 0) is 6.42 Å². The van der Waals surface area contributed by atoms with Crippen molar-refractivity contribution in [1.82, 2.24) is 5.32 Å². The summed E-state index contributed by atoms with van der Waals surface area (Å²) in [5.74, 6) is 0.0371. The highest BCUT2D eigenvalue weighted by molar-refractivity contribution is 9.10. The van der Waals surface area contributed by atoms with E-state index in [-0.39, 0.29) is 11.9 Å². The highest BCUT2D eigenvalue weighted by Crippen LogP contribution is 2.21. The quantitative estimate of drug-likeness (QED) is 0.739. The number of nitrogens with one attached hydrogen (secondary N) is 1. The van der Waals surface area contributed by atoms with Gasteiger partial charge in [0.15, 0.2) is 0 Å². The maximum Gasteiger partial charge on any atom is 0.251 e. The highest BCUT2D eigenvalue weighted by Gasteiger charge is 2.20. The number of carbonyl (C=O) groups is 1. The van der Waals surface area contributed by atoms with Crippen molar-refractivity contribution in [1.29, 1.82) is 0 Å². The smallest absolute Gasteiger partial charge is 0.251 e. The van der Waals surface area contributed by atoms with Crippen LogP contribution in [0.25, 0.3) is 0 Å².